The molecule has 0 aromatic heterocycles. The smallest absolute Gasteiger partial charge is 0.211 e. The Kier molecular flexibility index (Phi) is 6.98. The Bertz CT molecular complexity index is 289. The third-order valence-electron chi connectivity index (χ3n) is 2.51. The van der Waals surface area contributed by atoms with E-state index in [1.807, 2.05) is 7.05 Å². The van der Waals surface area contributed by atoms with Crippen molar-refractivity contribution in [2.75, 3.05) is 45.7 Å². The van der Waals surface area contributed by atoms with Crippen molar-refractivity contribution in [3.8, 4) is 0 Å². The van der Waals surface area contributed by atoms with Crippen LogP contribution in [0.1, 0.15) is 12.8 Å². The summed E-state index contributed by atoms with van der Waals surface area (Å²) >= 11 is 0. The van der Waals surface area contributed by atoms with Gasteiger partial charge >= 0.3 is 0 Å². The highest BCUT2D eigenvalue weighted by molar-refractivity contribution is 7.89. The maximum atomic E-state index is 11.6. The van der Waals surface area contributed by atoms with Crippen LogP contribution in [0.5, 0.6) is 0 Å². The molecule has 1 atom stereocenters. The molecule has 0 aromatic rings. The summed E-state index contributed by atoms with van der Waals surface area (Å²) in [5.74, 6) is 0.169. The van der Waals surface area contributed by atoms with Crippen LogP contribution < -0.4 is 10.0 Å². The lowest BCUT2D eigenvalue weighted by Gasteiger charge is -2.23. The third-order valence-corrected chi connectivity index (χ3v) is 3.94. The van der Waals surface area contributed by atoms with Crippen LogP contribution in [0.3, 0.4) is 0 Å². The number of rotatable bonds is 8. The van der Waals surface area contributed by atoms with E-state index in [-0.39, 0.29) is 11.9 Å². The minimum Gasteiger partial charge on any atom is -0.376 e. The summed E-state index contributed by atoms with van der Waals surface area (Å²) in [5.41, 5.74) is 0. The highest BCUT2D eigenvalue weighted by Crippen LogP contribution is 2.00. The fraction of sp³-hybridized carbons (Fsp3) is 1.00. The van der Waals surface area contributed by atoms with Gasteiger partial charge in [0.1, 0.15) is 0 Å². The van der Waals surface area contributed by atoms with E-state index in [1.165, 1.54) is 0 Å². The zero-order valence-corrected chi connectivity index (χ0v) is 11.1. The molecule has 1 rings (SSSR count). The Morgan fingerprint density at radius 3 is 2.76 bits per heavy atom. The maximum Gasteiger partial charge on any atom is 0.211 e. The van der Waals surface area contributed by atoms with Crippen molar-refractivity contribution in [1.82, 2.24) is 10.0 Å². The second-order valence-corrected chi connectivity index (χ2v) is 5.97. The highest BCUT2D eigenvalue weighted by atomic mass is 32.2. The molecule has 17 heavy (non-hydrogen) atoms. The molecule has 0 saturated carbocycles. The predicted molar refractivity (Wildman–Crippen MR) is 65.5 cm³/mol. The number of nitrogens with one attached hydrogen (secondary N) is 2. The number of ether oxygens (including phenoxy) is 2. The first-order chi connectivity index (χ1) is 8.14. The van der Waals surface area contributed by atoms with Crippen molar-refractivity contribution in [3.63, 3.8) is 0 Å². The zero-order chi connectivity index (χ0) is 12.6. The molecule has 7 heteroatoms. The Morgan fingerprint density at radius 1 is 1.29 bits per heavy atom. The molecule has 1 fully saturated rings. The van der Waals surface area contributed by atoms with E-state index in [0.717, 1.165) is 13.0 Å². The van der Waals surface area contributed by atoms with Gasteiger partial charge in [-0.3, -0.25) is 0 Å². The molecule has 0 spiro atoms. The summed E-state index contributed by atoms with van der Waals surface area (Å²) in [5, 5.41) is 2.99. The summed E-state index contributed by atoms with van der Waals surface area (Å²) in [6.45, 7) is 2.73. The van der Waals surface area contributed by atoms with E-state index in [4.69, 9.17) is 9.47 Å². The molecule has 1 aliphatic rings. The highest BCUT2D eigenvalue weighted by Gasteiger charge is 2.17. The van der Waals surface area contributed by atoms with Gasteiger partial charge < -0.3 is 14.8 Å². The molecule has 1 heterocycles. The minimum atomic E-state index is -3.17. The number of hydrogen-bond acceptors (Lipinski definition) is 5. The molecule has 1 saturated heterocycles. The van der Waals surface area contributed by atoms with E-state index in [9.17, 15) is 8.42 Å². The van der Waals surface area contributed by atoms with E-state index in [0.29, 0.717) is 32.8 Å². The van der Waals surface area contributed by atoms with Gasteiger partial charge in [-0.15, -0.1) is 0 Å². The van der Waals surface area contributed by atoms with Gasteiger partial charge in [-0.2, -0.15) is 0 Å². The van der Waals surface area contributed by atoms with Crippen LogP contribution >= 0.6 is 0 Å². The molecule has 0 amide bonds. The summed E-state index contributed by atoms with van der Waals surface area (Å²) in [7, 11) is -1.32. The first-order valence-corrected chi connectivity index (χ1v) is 7.60. The van der Waals surface area contributed by atoms with E-state index in [2.05, 4.69) is 10.0 Å². The zero-order valence-electron chi connectivity index (χ0n) is 10.3. The van der Waals surface area contributed by atoms with Crippen molar-refractivity contribution in [1.29, 1.82) is 0 Å². The second kappa shape index (κ2) is 7.99. The normalized spacial score (nSPS) is 21.6. The molecular formula is C10H22N2O4S. The van der Waals surface area contributed by atoms with Gasteiger partial charge in [0.05, 0.1) is 31.7 Å². The average Bonchev–Trinajstić information content (AvgIpc) is 2.34. The van der Waals surface area contributed by atoms with Crippen LogP contribution in [0.25, 0.3) is 0 Å². The Labute approximate surface area is 103 Å². The van der Waals surface area contributed by atoms with Crippen LogP contribution in [-0.2, 0) is 19.5 Å². The van der Waals surface area contributed by atoms with E-state index in [1.54, 1.807) is 0 Å². The number of sulfonamides is 1. The van der Waals surface area contributed by atoms with Gasteiger partial charge in [0.15, 0.2) is 0 Å². The lowest BCUT2D eigenvalue weighted by atomic mass is 10.3. The maximum absolute atomic E-state index is 11.6. The SMILES string of the molecule is CNCCCCS(=O)(=O)NCC1COCCO1. The van der Waals surface area contributed by atoms with Crippen LogP contribution in [0.15, 0.2) is 0 Å². The first kappa shape index (κ1) is 14.8. The topological polar surface area (TPSA) is 76.7 Å². The molecular weight excluding hydrogens is 244 g/mol. The lowest BCUT2D eigenvalue weighted by Crippen LogP contribution is -2.40. The molecule has 0 aromatic carbocycles. The van der Waals surface area contributed by atoms with Gasteiger partial charge in [0.2, 0.25) is 10.0 Å². The lowest BCUT2D eigenvalue weighted by molar-refractivity contribution is -0.0846. The average molecular weight is 266 g/mol. The van der Waals surface area contributed by atoms with E-state index >= 15 is 0 Å². The fourth-order valence-corrected chi connectivity index (χ4v) is 2.71. The van der Waals surface area contributed by atoms with Crippen LogP contribution in [0.2, 0.25) is 0 Å². The largest absolute Gasteiger partial charge is 0.376 e. The van der Waals surface area contributed by atoms with Crippen LogP contribution in [-0.4, -0.2) is 60.2 Å². The van der Waals surface area contributed by atoms with Gasteiger partial charge in [-0.25, -0.2) is 13.1 Å². The van der Waals surface area contributed by atoms with Crippen molar-refractivity contribution < 1.29 is 17.9 Å². The van der Waals surface area contributed by atoms with Gasteiger partial charge in [0, 0.05) is 6.54 Å². The molecule has 102 valence electrons. The molecule has 0 bridgehead atoms. The van der Waals surface area contributed by atoms with E-state index < -0.39 is 10.0 Å². The first-order valence-electron chi connectivity index (χ1n) is 5.95. The monoisotopic (exact) mass is 266 g/mol. The molecule has 1 aliphatic heterocycles. The summed E-state index contributed by atoms with van der Waals surface area (Å²) in [6, 6.07) is 0. The van der Waals surface area contributed by atoms with Gasteiger partial charge in [-0.05, 0) is 26.4 Å². The van der Waals surface area contributed by atoms with Crippen molar-refractivity contribution >= 4 is 10.0 Å². The van der Waals surface area contributed by atoms with Crippen molar-refractivity contribution in [3.05, 3.63) is 0 Å². The Morgan fingerprint density at radius 2 is 2.12 bits per heavy atom. The molecule has 6 nitrogen and oxygen atoms in total. The van der Waals surface area contributed by atoms with Gasteiger partial charge in [-0.1, -0.05) is 0 Å². The third kappa shape index (κ3) is 6.95. The second-order valence-electron chi connectivity index (χ2n) is 4.05. The summed E-state index contributed by atoms with van der Waals surface area (Å²) in [6.07, 6.45) is 1.37. The fourth-order valence-electron chi connectivity index (χ4n) is 1.54. The standard InChI is InChI=1S/C10H22N2O4S/c1-11-4-2-3-7-17(13,14)12-8-10-9-15-5-6-16-10/h10-12H,2-9H2,1H3. The quantitative estimate of drug-likeness (QED) is 0.569. The van der Waals surface area contributed by atoms with Crippen molar-refractivity contribution in [2.24, 2.45) is 0 Å². The summed E-state index contributed by atoms with van der Waals surface area (Å²) < 4.78 is 36.3. The summed E-state index contributed by atoms with van der Waals surface area (Å²) in [4.78, 5) is 0. The van der Waals surface area contributed by atoms with Crippen LogP contribution in [0, 0.1) is 0 Å². The van der Waals surface area contributed by atoms with Gasteiger partial charge in [0.25, 0.3) is 0 Å². The Balaban J connectivity index is 2.14. The predicted octanol–water partition coefficient (Wildman–Crippen LogP) is -0.679. The number of unbranched alkanes of at least 4 members (excludes halogenated alkanes) is 1. The minimum absolute atomic E-state index is 0.157. The molecule has 0 aliphatic carbocycles. The Hall–Kier alpha value is -0.210. The van der Waals surface area contributed by atoms with Crippen molar-refractivity contribution in [2.45, 2.75) is 18.9 Å². The molecule has 0 radical (unpaired) electrons. The number of hydrogen-bond donors (Lipinski definition) is 2. The van der Waals surface area contributed by atoms with Crippen LogP contribution in [0.4, 0.5) is 0 Å². The molecule has 2 N–H and O–H groups in total. The molecule has 1 unspecified atom stereocenters.